The van der Waals surface area contributed by atoms with Gasteiger partial charge in [-0.3, -0.25) is 4.31 Å². The summed E-state index contributed by atoms with van der Waals surface area (Å²) >= 11 is 0. The Morgan fingerprint density at radius 3 is 2.83 bits per heavy atom. The van der Waals surface area contributed by atoms with E-state index in [1.54, 1.807) is 13.0 Å². The number of ether oxygens (including phenoxy) is 2. The zero-order valence-electron chi connectivity index (χ0n) is 13.1. The van der Waals surface area contributed by atoms with Gasteiger partial charge in [-0.1, -0.05) is 18.2 Å². The van der Waals surface area contributed by atoms with Crippen molar-refractivity contribution in [2.24, 2.45) is 5.92 Å². The van der Waals surface area contributed by atoms with E-state index in [1.165, 1.54) is 0 Å². The average molecular weight is 337 g/mol. The second-order valence-electron chi connectivity index (χ2n) is 5.70. The number of para-hydroxylation sites is 1. The van der Waals surface area contributed by atoms with Gasteiger partial charge < -0.3 is 9.47 Å². The van der Waals surface area contributed by atoms with E-state index in [-0.39, 0.29) is 30.7 Å². The summed E-state index contributed by atoms with van der Waals surface area (Å²) in [6, 6.07) is 7.63. The van der Waals surface area contributed by atoms with E-state index in [4.69, 9.17) is 9.47 Å². The maximum Gasteiger partial charge on any atom is 0.355 e. The third kappa shape index (κ3) is 2.93. The van der Waals surface area contributed by atoms with E-state index < -0.39 is 16.0 Å². The van der Waals surface area contributed by atoms with Gasteiger partial charge in [0.25, 0.3) is 0 Å². The molecule has 6 nitrogen and oxygen atoms in total. The lowest BCUT2D eigenvalue weighted by Gasteiger charge is -2.39. The lowest BCUT2D eigenvalue weighted by molar-refractivity contribution is -0.140. The maximum atomic E-state index is 12.2. The Bertz CT molecular complexity index is 755. The van der Waals surface area contributed by atoms with Gasteiger partial charge in [0.15, 0.2) is 0 Å². The standard InChI is InChI=1S/C16H19NO5S/c1-3-21-16(18)14-8-13-11(9-17(14)23(2,19)20)10-22-15-7-5-4-6-12(13)15/h4-8,11,13H,3,9-10H2,1-2H3/t11-,13+/m1/s1. The van der Waals surface area contributed by atoms with Gasteiger partial charge in [-0.25, -0.2) is 13.2 Å². The summed E-state index contributed by atoms with van der Waals surface area (Å²) in [6.07, 6.45) is 2.80. The van der Waals surface area contributed by atoms with Crippen molar-refractivity contribution in [2.75, 3.05) is 26.0 Å². The summed E-state index contributed by atoms with van der Waals surface area (Å²) < 4.78 is 36.0. The molecule has 0 amide bonds. The Morgan fingerprint density at radius 2 is 2.13 bits per heavy atom. The first kappa shape index (κ1) is 15.9. The Labute approximate surface area is 135 Å². The topological polar surface area (TPSA) is 72.9 Å². The second-order valence-corrected chi connectivity index (χ2v) is 7.61. The fraction of sp³-hybridized carbons (Fsp3) is 0.438. The van der Waals surface area contributed by atoms with E-state index >= 15 is 0 Å². The van der Waals surface area contributed by atoms with Crippen LogP contribution in [0.25, 0.3) is 0 Å². The van der Waals surface area contributed by atoms with Crippen LogP contribution < -0.4 is 4.74 Å². The number of nitrogens with zero attached hydrogens (tertiary/aromatic N) is 1. The molecular formula is C16H19NO5S. The van der Waals surface area contributed by atoms with Crippen molar-refractivity contribution in [1.29, 1.82) is 0 Å². The largest absolute Gasteiger partial charge is 0.493 e. The van der Waals surface area contributed by atoms with Crippen molar-refractivity contribution in [1.82, 2.24) is 4.31 Å². The third-order valence-electron chi connectivity index (χ3n) is 4.13. The first-order valence-electron chi connectivity index (χ1n) is 7.50. The van der Waals surface area contributed by atoms with Crippen molar-refractivity contribution in [3.8, 4) is 5.75 Å². The molecule has 0 saturated heterocycles. The molecule has 0 spiro atoms. The second kappa shape index (κ2) is 5.88. The minimum Gasteiger partial charge on any atom is -0.493 e. The fourth-order valence-corrected chi connectivity index (χ4v) is 4.04. The summed E-state index contributed by atoms with van der Waals surface area (Å²) in [4.78, 5) is 12.2. The molecule has 0 bridgehead atoms. The maximum absolute atomic E-state index is 12.2. The van der Waals surface area contributed by atoms with Crippen LogP contribution in [0.4, 0.5) is 0 Å². The molecule has 1 aromatic carbocycles. The molecule has 0 saturated carbocycles. The number of fused-ring (bicyclic) bond motifs is 3. The summed E-state index contributed by atoms with van der Waals surface area (Å²) in [6.45, 7) is 2.52. The number of carbonyl (C=O) groups excluding carboxylic acids is 1. The molecule has 2 aliphatic rings. The van der Waals surface area contributed by atoms with Gasteiger partial charge in [-0.2, -0.15) is 0 Å². The number of benzene rings is 1. The van der Waals surface area contributed by atoms with Crippen LogP contribution in [0, 0.1) is 5.92 Å². The predicted octanol–water partition coefficient (Wildman–Crippen LogP) is 1.50. The van der Waals surface area contributed by atoms with Crippen LogP contribution in [-0.4, -0.2) is 44.7 Å². The molecule has 0 aliphatic carbocycles. The number of hydrogen-bond donors (Lipinski definition) is 0. The molecule has 124 valence electrons. The molecule has 0 radical (unpaired) electrons. The highest BCUT2D eigenvalue weighted by molar-refractivity contribution is 7.88. The normalized spacial score (nSPS) is 23.2. The lowest BCUT2D eigenvalue weighted by atomic mass is 9.81. The summed E-state index contributed by atoms with van der Waals surface area (Å²) in [7, 11) is -3.56. The predicted molar refractivity (Wildman–Crippen MR) is 84.4 cm³/mol. The molecule has 2 atom stereocenters. The molecule has 3 rings (SSSR count). The van der Waals surface area contributed by atoms with Crippen LogP contribution in [0.3, 0.4) is 0 Å². The van der Waals surface area contributed by atoms with Gasteiger partial charge in [0, 0.05) is 23.9 Å². The van der Waals surface area contributed by atoms with Crippen molar-refractivity contribution >= 4 is 16.0 Å². The van der Waals surface area contributed by atoms with E-state index in [9.17, 15) is 13.2 Å². The highest BCUT2D eigenvalue weighted by atomic mass is 32.2. The van der Waals surface area contributed by atoms with Crippen molar-refractivity contribution in [2.45, 2.75) is 12.8 Å². The number of sulfonamides is 1. The Hall–Kier alpha value is -2.02. The molecular weight excluding hydrogens is 318 g/mol. The zero-order chi connectivity index (χ0) is 16.6. The summed E-state index contributed by atoms with van der Waals surface area (Å²) in [5.41, 5.74) is 1.06. The van der Waals surface area contributed by atoms with Gasteiger partial charge in [-0.05, 0) is 19.1 Å². The van der Waals surface area contributed by atoms with Gasteiger partial charge in [0.2, 0.25) is 10.0 Å². The SMILES string of the molecule is CCOC(=O)C1=C[C@@H]2c3ccccc3OC[C@H]2CN1S(C)(=O)=O. The van der Waals surface area contributed by atoms with Crippen LogP contribution in [0.1, 0.15) is 18.4 Å². The Morgan fingerprint density at radius 1 is 1.39 bits per heavy atom. The van der Waals surface area contributed by atoms with E-state index in [0.29, 0.717) is 6.61 Å². The molecule has 0 aromatic heterocycles. The quantitative estimate of drug-likeness (QED) is 0.782. The first-order valence-corrected chi connectivity index (χ1v) is 9.35. The van der Waals surface area contributed by atoms with Crippen molar-refractivity contribution in [3.05, 3.63) is 41.6 Å². The van der Waals surface area contributed by atoms with Gasteiger partial charge >= 0.3 is 5.97 Å². The fourth-order valence-electron chi connectivity index (χ4n) is 3.09. The van der Waals surface area contributed by atoms with Gasteiger partial charge in [0.1, 0.15) is 11.4 Å². The number of rotatable bonds is 3. The minimum absolute atomic E-state index is 0.0298. The minimum atomic E-state index is -3.56. The smallest absolute Gasteiger partial charge is 0.355 e. The number of hydrogen-bond acceptors (Lipinski definition) is 5. The molecule has 2 aliphatic heterocycles. The van der Waals surface area contributed by atoms with Crippen LogP contribution in [0.2, 0.25) is 0 Å². The van der Waals surface area contributed by atoms with Crippen LogP contribution in [0.15, 0.2) is 36.0 Å². The van der Waals surface area contributed by atoms with E-state index in [0.717, 1.165) is 21.9 Å². The van der Waals surface area contributed by atoms with Crippen LogP contribution >= 0.6 is 0 Å². The number of allylic oxidation sites excluding steroid dienone is 1. The third-order valence-corrected chi connectivity index (χ3v) is 5.28. The highest BCUT2D eigenvalue weighted by Gasteiger charge is 2.40. The summed E-state index contributed by atoms with van der Waals surface area (Å²) in [5, 5.41) is 0. The molecule has 0 unspecified atom stereocenters. The zero-order valence-corrected chi connectivity index (χ0v) is 13.9. The summed E-state index contributed by atoms with van der Waals surface area (Å²) in [5.74, 6) is 0.0801. The molecule has 0 fully saturated rings. The molecule has 23 heavy (non-hydrogen) atoms. The molecule has 1 aromatic rings. The Balaban J connectivity index is 2.07. The van der Waals surface area contributed by atoms with E-state index in [1.807, 2.05) is 24.3 Å². The van der Waals surface area contributed by atoms with Gasteiger partial charge in [0.05, 0.1) is 19.5 Å². The first-order chi connectivity index (χ1) is 10.9. The van der Waals surface area contributed by atoms with Crippen LogP contribution in [0.5, 0.6) is 5.75 Å². The van der Waals surface area contributed by atoms with Crippen molar-refractivity contribution in [3.63, 3.8) is 0 Å². The number of esters is 1. The average Bonchev–Trinajstić information content (AvgIpc) is 2.53. The Kier molecular flexibility index (Phi) is 4.06. The van der Waals surface area contributed by atoms with Gasteiger partial charge in [-0.15, -0.1) is 0 Å². The van der Waals surface area contributed by atoms with E-state index in [2.05, 4.69) is 0 Å². The monoisotopic (exact) mass is 337 g/mol. The highest BCUT2D eigenvalue weighted by Crippen LogP contribution is 2.42. The molecule has 2 heterocycles. The molecule has 0 N–H and O–H groups in total. The lowest BCUT2D eigenvalue weighted by Crippen LogP contribution is -2.45. The number of carbonyl (C=O) groups is 1. The van der Waals surface area contributed by atoms with Crippen LogP contribution in [-0.2, 0) is 19.6 Å². The molecule has 7 heteroatoms. The van der Waals surface area contributed by atoms with Crippen molar-refractivity contribution < 1.29 is 22.7 Å².